The summed E-state index contributed by atoms with van der Waals surface area (Å²) in [7, 11) is 8.45. The normalized spacial score (nSPS) is 13.1. The number of nitrogens with zero attached hydrogens (tertiary/aromatic N) is 1. The molecule has 0 rings (SSSR count). The molecule has 16 heavy (non-hydrogen) atoms. The molecule has 0 radical (unpaired) electrons. The van der Waals surface area contributed by atoms with Crippen molar-refractivity contribution in [3.05, 3.63) is 0 Å². The van der Waals surface area contributed by atoms with Gasteiger partial charge in [-0.1, -0.05) is 19.8 Å². The quantitative estimate of drug-likeness (QED) is 0.461. The fourth-order valence-corrected chi connectivity index (χ4v) is 4.71. The third-order valence-electron chi connectivity index (χ3n) is 3.04. The van der Waals surface area contributed by atoms with Gasteiger partial charge in [0.05, 0.1) is 27.7 Å². The van der Waals surface area contributed by atoms with E-state index in [0.29, 0.717) is 0 Å². The highest BCUT2D eigenvalue weighted by Crippen LogP contribution is 2.22. The van der Waals surface area contributed by atoms with Crippen LogP contribution in [-0.4, -0.2) is 55.0 Å². The minimum atomic E-state index is -1.87. The van der Waals surface area contributed by atoms with Crippen LogP contribution < -0.4 is 0 Å². The van der Waals surface area contributed by atoms with Gasteiger partial charge in [0.25, 0.3) is 0 Å². The maximum Gasteiger partial charge on any atom is 0.337 e. The fraction of sp³-hybridized carbons (Fsp3) is 1.00. The second kappa shape index (κ2) is 7.43. The van der Waals surface area contributed by atoms with E-state index >= 15 is 0 Å². The summed E-state index contributed by atoms with van der Waals surface area (Å²) in [6, 6.07) is 2.25. The summed E-state index contributed by atoms with van der Waals surface area (Å²) in [5.41, 5.74) is 0. The molecule has 0 aliphatic heterocycles. The van der Waals surface area contributed by atoms with E-state index in [1.807, 2.05) is 14.2 Å². The average molecular weight is 248 g/mol. The van der Waals surface area contributed by atoms with Crippen molar-refractivity contribution in [1.82, 2.24) is 0 Å². The number of rotatable bonds is 9. The summed E-state index contributed by atoms with van der Waals surface area (Å²) < 4.78 is 12.4. The number of unbranched alkanes of at least 4 members (excludes halogenated alkanes) is 1. The predicted octanol–water partition coefficient (Wildman–Crippen LogP) is 2.62. The minimum Gasteiger partial charge on any atom is -0.398 e. The smallest absolute Gasteiger partial charge is 0.337 e. The molecule has 0 aromatic carbocycles. The van der Waals surface area contributed by atoms with E-state index in [1.54, 1.807) is 0 Å². The van der Waals surface area contributed by atoms with Gasteiger partial charge >= 0.3 is 8.56 Å². The molecule has 0 aromatic heterocycles. The SMILES string of the molecule is CCCC[Si](CCC[N+](C)(C)C)(OC)OC. The van der Waals surface area contributed by atoms with Crippen LogP contribution in [0.15, 0.2) is 0 Å². The molecule has 0 aliphatic carbocycles. The van der Waals surface area contributed by atoms with Gasteiger partial charge in [0.2, 0.25) is 0 Å². The van der Waals surface area contributed by atoms with Crippen molar-refractivity contribution < 1.29 is 13.3 Å². The number of hydrogen-bond acceptors (Lipinski definition) is 2. The standard InChI is InChI=1S/C12H30NO2Si/c1-7-8-11-16(14-5,15-6)12-9-10-13(2,3)4/h7-12H2,1-6H3/q+1. The minimum absolute atomic E-state index is 1.02. The van der Waals surface area contributed by atoms with Gasteiger partial charge in [0, 0.05) is 14.2 Å². The summed E-state index contributed by atoms with van der Waals surface area (Å²) >= 11 is 0. The Kier molecular flexibility index (Phi) is 7.47. The fourth-order valence-electron chi connectivity index (χ4n) is 1.89. The summed E-state index contributed by atoms with van der Waals surface area (Å²) in [6.07, 6.45) is 3.64. The van der Waals surface area contributed by atoms with Gasteiger partial charge < -0.3 is 13.3 Å². The lowest BCUT2D eigenvalue weighted by Gasteiger charge is -2.29. The van der Waals surface area contributed by atoms with Crippen LogP contribution in [0.25, 0.3) is 0 Å². The summed E-state index contributed by atoms with van der Waals surface area (Å²) in [4.78, 5) is 0. The first-order valence-corrected chi connectivity index (χ1v) is 8.53. The Balaban J connectivity index is 4.11. The molecule has 0 bridgehead atoms. The Morgan fingerprint density at radius 3 is 1.81 bits per heavy atom. The van der Waals surface area contributed by atoms with Crippen molar-refractivity contribution in [2.75, 3.05) is 41.9 Å². The van der Waals surface area contributed by atoms with Crippen LogP contribution in [-0.2, 0) is 8.85 Å². The summed E-state index contributed by atoms with van der Waals surface area (Å²) in [6.45, 7) is 3.41. The zero-order chi connectivity index (χ0) is 12.7. The van der Waals surface area contributed by atoms with Crippen LogP contribution >= 0.6 is 0 Å². The van der Waals surface area contributed by atoms with Crippen molar-refractivity contribution in [3.8, 4) is 0 Å². The van der Waals surface area contributed by atoms with Gasteiger partial charge in [0.15, 0.2) is 0 Å². The molecular weight excluding hydrogens is 218 g/mol. The lowest BCUT2D eigenvalue weighted by molar-refractivity contribution is -0.870. The second-order valence-electron chi connectivity index (χ2n) is 5.54. The van der Waals surface area contributed by atoms with Crippen LogP contribution in [0.5, 0.6) is 0 Å². The van der Waals surface area contributed by atoms with E-state index < -0.39 is 8.56 Å². The van der Waals surface area contributed by atoms with E-state index in [4.69, 9.17) is 8.85 Å². The monoisotopic (exact) mass is 248 g/mol. The average Bonchev–Trinajstić information content (AvgIpc) is 2.22. The maximum absolute atomic E-state index is 5.71. The van der Waals surface area contributed by atoms with E-state index in [0.717, 1.165) is 16.6 Å². The van der Waals surface area contributed by atoms with Crippen molar-refractivity contribution in [2.24, 2.45) is 0 Å². The predicted molar refractivity (Wildman–Crippen MR) is 71.8 cm³/mol. The first kappa shape index (κ1) is 16.1. The Bertz CT molecular complexity index is 176. The Morgan fingerprint density at radius 1 is 0.938 bits per heavy atom. The van der Waals surface area contributed by atoms with E-state index in [2.05, 4.69) is 28.1 Å². The van der Waals surface area contributed by atoms with Crippen molar-refractivity contribution in [2.45, 2.75) is 38.3 Å². The lowest BCUT2D eigenvalue weighted by atomic mass is 10.4. The molecule has 0 fully saturated rings. The van der Waals surface area contributed by atoms with Gasteiger partial charge in [-0.05, 0) is 18.5 Å². The molecule has 4 heteroatoms. The van der Waals surface area contributed by atoms with Crippen LogP contribution in [0.1, 0.15) is 26.2 Å². The largest absolute Gasteiger partial charge is 0.398 e. The summed E-state index contributed by atoms with van der Waals surface area (Å²) in [5.74, 6) is 0. The molecule has 0 N–H and O–H groups in total. The van der Waals surface area contributed by atoms with Crippen molar-refractivity contribution in [1.29, 1.82) is 0 Å². The Morgan fingerprint density at radius 2 is 1.44 bits per heavy atom. The van der Waals surface area contributed by atoms with Gasteiger partial charge in [-0.3, -0.25) is 0 Å². The molecule has 3 nitrogen and oxygen atoms in total. The van der Waals surface area contributed by atoms with Gasteiger partial charge in [-0.2, -0.15) is 0 Å². The Hall–Kier alpha value is 0.0969. The molecule has 0 aromatic rings. The zero-order valence-corrected chi connectivity index (χ0v) is 13.0. The molecule has 0 unspecified atom stereocenters. The molecule has 0 atom stereocenters. The molecule has 0 aliphatic rings. The lowest BCUT2D eigenvalue weighted by Crippen LogP contribution is -2.42. The molecule has 0 saturated carbocycles. The van der Waals surface area contributed by atoms with E-state index in [1.165, 1.54) is 25.8 Å². The van der Waals surface area contributed by atoms with Gasteiger partial charge in [-0.25, -0.2) is 0 Å². The second-order valence-corrected chi connectivity index (χ2v) is 9.18. The first-order chi connectivity index (χ1) is 7.39. The highest BCUT2D eigenvalue weighted by Gasteiger charge is 2.34. The van der Waals surface area contributed by atoms with Gasteiger partial charge in [0.1, 0.15) is 0 Å². The third kappa shape index (κ3) is 6.63. The van der Waals surface area contributed by atoms with E-state index in [9.17, 15) is 0 Å². The van der Waals surface area contributed by atoms with Crippen molar-refractivity contribution in [3.63, 3.8) is 0 Å². The van der Waals surface area contributed by atoms with E-state index in [-0.39, 0.29) is 0 Å². The molecule has 0 heterocycles. The zero-order valence-electron chi connectivity index (χ0n) is 12.0. The molecule has 0 spiro atoms. The van der Waals surface area contributed by atoms with Crippen LogP contribution in [0.4, 0.5) is 0 Å². The third-order valence-corrected chi connectivity index (χ3v) is 6.76. The molecule has 0 amide bonds. The van der Waals surface area contributed by atoms with Crippen LogP contribution in [0.2, 0.25) is 12.1 Å². The highest BCUT2D eigenvalue weighted by molar-refractivity contribution is 6.67. The molecule has 0 saturated heterocycles. The number of hydrogen-bond donors (Lipinski definition) is 0. The van der Waals surface area contributed by atoms with Crippen LogP contribution in [0.3, 0.4) is 0 Å². The maximum atomic E-state index is 5.71. The summed E-state index contributed by atoms with van der Waals surface area (Å²) in [5, 5.41) is 0. The first-order valence-electron chi connectivity index (χ1n) is 6.30. The number of quaternary nitrogens is 1. The van der Waals surface area contributed by atoms with Crippen molar-refractivity contribution >= 4 is 8.56 Å². The highest BCUT2D eigenvalue weighted by atomic mass is 28.4. The Labute approximate surface area is 103 Å². The van der Waals surface area contributed by atoms with Gasteiger partial charge in [-0.15, -0.1) is 0 Å². The molecule has 98 valence electrons. The van der Waals surface area contributed by atoms with Crippen LogP contribution in [0, 0.1) is 0 Å². The molecular formula is C12H30NO2Si+. The topological polar surface area (TPSA) is 18.5 Å².